The molecule has 0 fully saturated rings. The van der Waals surface area contributed by atoms with Crippen molar-refractivity contribution < 1.29 is 4.79 Å². The smallest absolute Gasteiger partial charge is 0.233 e. The van der Waals surface area contributed by atoms with Crippen molar-refractivity contribution in [3.63, 3.8) is 0 Å². The molecule has 0 unspecified atom stereocenters. The monoisotopic (exact) mass is 266 g/mol. The average Bonchev–Trinajstić information content (AvgIpc) is 2.80. The number of nitrogens with zero attached hydrogens (tertiary/aromatic N) is 1. The quantitative estimate of drug-likeness (QED) is 0.765. The van der Waals surface area contributed by atoms with E-state index in [9.17, 15) is 4.79 Å². The van der Waals surface area contributed by atoms with E-state index in [1.807, 2.05) is 19.9 Å². The Kier molecular flexibility index (Phi) is 4.74. The molecule has 5 heteroatoms. The summed E-state index contributed by atoms with van der Waals surface area (Å²) in [5.41, 5.74) is 6.25. The number of H-pyrrole nitrogens is 1. The van der Waals surface area contributed by atoms with Crippen LogP contribution in [0.5, 0.6) is 0 Å². The van der Waals surface area contributed by atoms with E-state index in [4.69, 9.17) is 5.73 Å². The first-order valence-corrected chi connectivity index (χ1v) is 6.86. The highest BCUT2D eigenvalue weighted by atomic mass is 16.2. The Morgan fingerprint density at radius 3 is 2.32 bits per heavy atom. The summed E-state index contributed by atoms with van der Waals surface area (Å²) in [5, 5.41) is 9.97. The molecule has 0 saturated carbocycles. The molecule has 1 rings (SSSR count). The van der Waals surface area contributed by atoms with Crippen molar-refractivity contribution in [1.29, 1.82) is 0 Å². The molecule has 0 aliphatic heterocycles. The number of hydrogen-bond donors (Lipinski definition) is 3. The maximum Gasteiger partial charge on any atom is 0.233 e. The van der Waals surface area contributed by atoms with Gasteiger partial charge in [0.15, 0.2) is 5.82 Å². The lowest BCUT2D eigenvalue weighted by atomic mass is 9.81. The van der Waals surface area contributed by atoms with Gasteiger partial charge in [0.2, 0.25) is 5.91 Å². The summed E-state index contributed by atoms with van der Waals surface area (Å²) in [6, 6.07) is 1.88. The molecule has 0 radical (unpaired) electrons. The van der Waals surface area contributed by atoms with Crippen LogP contribution in [0.1, 0.15) is 53.2 Å². The lowest BCUT2D eigenvalue weighted by molar-refractivity contribution is -0.125. The van der Waals surface area contributed by atoms with Crippen molar-refractivity contribution >= 4 is 11.7 Å². The predicted molar refractivity (Wildman–Crippen MR) is 78.0 cm³/mol. The van der Waals surface area contributed by atoms with Gasteiger partial charge in [-0.1, -0.05) is 34.6 Å². The summed E-state index contributed by atoms with van der Waals surface area (Å²) in [6.45, 7) is 10.6. The number of carbonyl (C=O) groups excluding carboxylic acids is 1. The number of amides is 1. The zero-order valence-electron chi connectivity index (χ0n) is 12.6. The van der Waals surface area contributed by atoms with E-state index in [1.165, 1.54) is 0 Å². The van der Waals surface area contributed by atoms with Crippen molar-refractivity contribution in [2.24, 2.45) is 11.1 Å². The number of aromatic nitrogens is 2. The van der Waals surface area contributed by atoms with Gasteiger partial charge in [-0.15, -0.1) is 0 Å². The second kappa shape index (κ2) is 5.74. The third-order valence-electron chi connectivity index (χ3n) is 3.85. The highest BCUT2D eigenvalue weighted by molar-refractivity contribution is 5.94. The van der Waals surface area contributed by atoms with Crippen LogP contribution in [0.15, 0.2) is 6.07 Å². The van der Waals surface area contributed by atoms with E-state index in [0.717, 1.165) is 18.5 Å². The summed E-state index contributed by atoms with van der Waals surface area (Å²) >= 11 is 0. The molecule has 1 aromatic heterocycles. The molecule has 1 heterocycles. The van der Waals surface area contributed by atoms with Crippen LogP contribution in [0.25, 0.3) is 0 Å². The molecule has 108 valence electrons. The Bertz CT molecular complexity index is 419. The van der Waals surface area contributed by atoms with Gasteiger partial charge in [-0.3, -0.25) is 9.89 Å². The molecular weight excluding hydrogens is 240 g/mol. The SMILES string of the molecule is CCC(CC)(CN)C(=O)Nc1cc(C(C)(C)C)[nH]n1. The maximum atomic E-state index is 12.3. The summed E-state index contributed by atoms with van der Waals surface area (Å²) in [5.74, 6) is 0.515. The molecule has 0 saturated heterocycles. The molecule has 0 aromatic carbocycles. The first kappa shape index (κ1) is 15.7. The minimum Gasteiger partial charge on any atom is -0.329 e. The van der Waals surface area contributed by atoms with E-state index in [2.05, 4.69) is 36.3 Å². The number of rotatable bonds is 5. The fourth-order valence-electron chi connectivity index (χ4n) is 1.97. The predicted octanol–water partition coefficient (Wildman–Crippen LogP) is 2.41. The molecule has 0 atom stereocenters. The minimum atomic E-state index is -0.499. The Morgan fingerprint density at radius 1 is 1.37 bits per heavy atom. The topological polar surface area (TPSA) is 83.8 Å². The third kappa shape index (κ3) is 3.35. The molecule has 19 heavy (non-hydrogen) atoms. The molecule has 0 bridgehead atoms. The number of nitrogens with two attached hydrogens (primary N) is 1. The van der Waals surface area contributed by atoms with Gasteiger partial charge in [0.25, 0.3) is 0 Å². The molecule has 1 aromatic rings. The van der Waals surface area contributed by atoms with Gasteiger partial charge >= 0.3 is 0 Å². The fraction of sp³-hybridized carbons (Fsp3) is 0.714. The molecule has 0 spiro atoms. The van der Waals surface area contributed by atoms with E-state index < -0.39 is 5.41 Å². The fourth-order valence-corrected chi connectivity index (χ4v) is 1.97. The van der Waals surface area contributed by atoms with E-state index in [0.29, 0.717) is 12.4 Å². The zero-order chi connectivity index (χ0) is 14.7. The van der Waals surface area contributed by atoms with Crippen LogP contribution < -0.4 is 11.1 Å². The van der Waals surface area contributed by atoms with Crippen LogP contribution in [-0.4, -0.2) is 22.6 Å². The van der Waals surface area contributed by atoms with E-state index >= 15 is 0 Å². The van der Waals surface area contributed by atoms with Crippen LogP contribution in [-0.2, 0) is 10.2 Å². The zero-order valence-corrected chi connectivity index (χ0v) is 12.6. The number of hydrogen-bond acceptors (Lipinski definition) is 3. The number of nitrogens with one attached hydrogen (secondary N) is 2. The van der Waals surface area contributed by atoms with Gasteiger partial charge in [-0.2, -0.15) is 5.10 Å². The van der Waals surface area contributed by atoms with Crippen LogP contribution in [0.2, 0.25) is 0 Å². The number of anilines is 1. The third-order valence-corrected chi connectivity index (χ3v) is 3.85. The second-order valence-electron chi connectivity index (χ2n) is 6.06. The average molecular weight is 266 g/mol. The first-order chi connectivity index (χ1) is 8.79. The first-order valence-electron chi connectivity index (χ1n) is 6.86. The van der Waals surface area contributed by atoms with Crippen molar-refractivity contribution in [3.05, 3.63) is 11.8 Å². The Hall–Kier alpha value is -1.36. The van der Waals surface area contributed by atoms with Crippen LogP contribution in [0, 0.1) is 5.41 Å². The molecular formula is C14H26N4O. The van der Waals surface area contributed by atoms with Gasteiger partial charge in [0.05, 0.1) is 5.41 Å². The normalized spacial score (nSPS) is 12.5. The van der Waals surface area contributed by atoms with Gasteiger partial charge in [0, 0.05) is 23.7 Å². The standard InChI is InChI=1S/C14H26N4O/c1-6-14(7-2,9-15)12(19)16-11-8-10(17-18-11)13(3,4)5/h8H,6-7,9,15H2,1-5H3,(H2,16,17,18,19). The molecule has 4 N–H and O–H groups in total. The van der Waals surface area contributed by atoms with Gasteiger partial charge in [-0.05, 0) is 12.8 Å². The molecule has 5 nitrogen and oxygen atoms in total. The van der Waals surface area contributed by atoms with Crippen molar-refractivity contribution in [2.75, 3.05) is 11.9 Å². The lowest BCUT2D eigenvalue weighted by Gasteiger charge is -2.27. The maximum absolute atomic E-state index is 12.3. The summed E-state index contributed by atoms with van der Waals surface area (Å²) < 4.78 is 0. The molecule has 0 aliphatic rings. The van der Waals surface area contributed by atoms with Crippen LogP contribution >= 0.6 is 0 Å². The highest BCUT2D eigenvalue weighted by Crippen LogP contribution is 2.27. The van der Waals surface area contributed by atoms with E-state index in [1.54, 1.807) is 0 Å². The number of aromatic amines is 1. The molecule has 1 amide bonds. The van der Waals surface area contributed by atoms with Crippen molar-refractivity contribution in [2.45, 2.75) is 52.9 Å². The summed E-state index contributed by atoms with van der Waals surface area (Å²) in [4.78, 5) is 12.3. The Morgan fingerprint density at radius 2 is 1.95 bits per heavy atom. The number of carbonyl (C=O) groups is 1. The molecule has 0 aliphatic carbocycles. The van der Waals surface area contributed by atoms with Gasteiger partial charge in [0.1, 0.15) is 0 Å². The lowest BCUT2D eigenvalue weighted by Crippen LogP contribution is -2.41. The Labute approximate surface area is 115 Å². The summed E-state index contributed by atoms with van der Waals surface area (Å²) in [7, 11) is 0. The van der Waals surface area contributed by atoms with Crippen LogP contribution in [0.3, 0.4) is 0 Å². The van der Waals surface area contributed by atoms with Gasteiger partial charge in [-0.25, -0.2) is 0 Å². The summed E-state index contributed by atoms with van der Waals surface area (Å²) in [6.07, 6.45) is 1.45. The van der Waals surface area contributed by atoms with Crippen molar-refractivity contribution in [3.8, 4) is 0 Å². The highest BCUT2D eigenvalue weighted by Gasteiger charge is 2.33. The Balaban J connectivity index is 2.85. The van der Waals surface area contributed by atoms with Crippen molar-refractivity contribution in [1.82, 2.24) is 10.2 Å². The van der Waals surface area contributed by atoms with E-state index in [-0.39, 0.29) is 11.3 Å². The minimum absolute atomic E-state index is 0.0174. The van der Waals surface area contributed by atoms with Crippen LogP contribution in [0.4, 0.5) is 5.82 Å². The second-order valence-corrected chi connectivity index (χ2v) is 6.06. The van der Waals surface area contributed by atoms with Gasteiger partial charge < -0.3 is 11.1 Å². The largest absolute Gasteiger partial charge is 0.329 e.